The van der Waals surface area contributed by atoms with Gasteiger partial charge >= 0.3 is 5.97 Å². The Hall–Kier alpha value is -2.37. The molecule has 0 aliphatic rings. The summed E-state index contributed by atoms with van der Waals surface area (Å²) in [6.07, 6.45) is -0.912. The van der Waals surface area contributed by atoms with Crippen molar-refractivity contribution in [2.45, 2.75) is 73.1 Å². The summed E-state index contributed by atoms with van der Waals surface area (Å²) in [5.74, 6) is -0.447. The molecule has 3 rings (SSSR count). The lowest BCUT2D eigenvalue weighted by atomic mass is 9.91. The van der Waals surface area contributed by atoms with Crippen LogP contribution in [0.25, 0.3) is 22.2 Å². The molecule has 5 nitrogen and oxygen atoms in total. The molecule has 0 aliphatic carbocycles. The van der Waals surface area contributed by atoms with Gasteiger partial charge in [0, 0.05) is 39.0 Å². The average Bonchev–Trinajstić information content (AvgIpc) is 2.95. The topological polar surface area (TPSA) is 53.4 Å². The van der Waals surface area contributed by atoms with Crippen LogP contribution in [0.15, 0.2) is 24.3 Å². The molecule has 1 aromatic carbocycles. The van der Waals surface area contributed by atoms with Crippen molar-refractivity contribution in [3.05, 3.63) is 51.8 Å². The molecule has 0 saturated carbocycles. The number of rotatable bonds is 5. The smallest absolute Gasteiger partial charge is 0.339 e. The van der Waals surface area contributed by atoms with E-state index in [2.05, 4.69) is 32.3 Å². The fourth-order valence-electron chi connectivity index (χ4n) is 4.31. The van der Waals surface area contributed by atoms with Gasteiger partial charge in [-0.15, -0.1) is 0 Å². The molecule has 0 spiro atoms. The molecule has 0 bridgehead atoms. The number of ether oxygens (including phenoxy) is 2. The van der Waals surface area contributed by atoms with Gasteiger partial charge in [0.1, 0.15) is 5.65 Å². The second-order valence-corrected chi connectivity index (χ2v) is 9.94. The van der Waals surface area contributed by atoms with Gasteiger partial charge < -0.3 is 14.0 Å². The van der Waals surface area contributed by atoms with E-state index in [1.165, 1.54) is 7.11 Å². The van der Waals surface area contributed by atoms with Crippen LogP contribution in [0.3, 0.4) is 0 Å². The molecule has 3 aromatic rings. The van der Waals surface area contributed by atoms with E-state index in [-0.39, 0.29) is 6.04 Å². The number of pyridine rings is 1. The molecule has 0 fully saturated rings. The third-order valence-corrected chi connectivity index (χ3v) is 5.96. The Balaban J connectivity index is 2.51. The average molecular weight is 457 g/mol. The monoisotopic (exact) mass is 456 g/mol. The second kappa shape index (κ2) is 8.87. The maximum absolute atomic E-state index is 13.0. The molecule has 0 radical (unpaired) electrons. The first-order valence-corrected chi connectivity index (χ1v) is 11.3. The summed E-state index contributed by atoms with van der Waals surface area (Å²) in [5.41, 5.74) is 5.98. The van der Waals surface area contributed by atoms with E-state index in [1.54, 1.807) is 0 Å². The van der Waals surface area contributed by atoms with Gasteiger partial charge in [0.05, 0.1) is 12.7 Å². The number of esters is 1. The van der Waals surface area contributed by atoms with Gasteiger partial charge in [0.25, 0.3) is 0 Å². The molecule has 6 heteroatoms. The van der Waals surface area contributed by atoms with E-state index in [0.29, 0.717) is 5.02 Å². The number of carbonyl (C=O) groups excluding carboxylic acids is 1. The van der Waals surface area contributed by atoms with Gasteiger partial charge in [0.15, 0.2) is 6.10 Å². The quantitative estimate of drug-likeness (QED) is 0.392. The maximum Gasteiger partial charge on any atom is 0.339 e. The number of fused-ring (bicyclic) bond motifs is 1. The summed E-state index contributed by atoms with van der Waals surface area (Å²) in [6, 6.07) is 7.92. The van der Waals surface area contributed by atoms with Gasteiger partial charge in [-0.05, 0) is 78.6 Å². The minimum Gasteiger partial charge on any atom is -0.467 e. The molecule has 32 heavy (non-hydrogen) atoms. The molecule has 1 unspecified atom stereocenters. The number of halogens is 1. The van der Waals surface area contributed by atoms with Crippen molar-refractivity contribution in [2.75, 3.05) is 7.11 Å². The summed E-state index contributed by atoms with van der Waals surface area (Å²) in [5, 5.41) is 1.67. The number of nitrogens with zero attached hydrogens (tertiary/aromatic N) is 2. The number of aromatic nitrogens is 2. The van der Waals surface area contributed by atoms with Crippen LogP contribution in [0.5, 0.6) is 0 Å². The van der Waals surface area contributed by atoms with Crippen LogP contribution < -0.4 is 0 Å². The number of hydrogen-bond donors (Lipinski definition) is 0. The Kier molecular flexibility index (Phi) is 6.73. The van der Waals surface area contributed by atoms with Crippen LogP contribution in [-0.4, -0.2) is 28.2 Å². The highest BCUT2D eigenvalue weighted by molar-refractivity contribution is 6.30. The summed E-state index contributed by atoms with van der Waals surface area (Å²) < 4.78 is 13.7. The SMILES string of the molecule is COC(=O)C(OC(C)(C)C)c1c(C)nc2c(c(C)c(C)n2C(C)C)c1-c1ccc(Cl)cc1. The highest BCUT2D eigenvalue weighted by Crippen LogP contribution is 2.43. The Labute approximate surface area is 195 Å². The van der Waals surface area contributed by atoms with Crippen molar-refractivity contribution in [1.82, 2.24) is 9.55 Å². The maximum atomic E-state index is 13.0. The number of aryl methyl sites for hydroxylation is 2. The van der Waals surface area contributed by atoms with Crippen molar-refractivity contribution in [3.63, 3.8) is 0 Å². The third kappa shape index (κ3) is 4.41. The van der Waals surface area contributed by atoms with Crippen LogP contribution in [0.1, 0.15) is 69.3 Å². The number of carbonyl (C=O) groups is 1. The van der Waals surface area contributed by atoms with E-state index in [0.717, 1.165) is 44.7 Å². The van der Waals surface area contributed by atoms with Gasteiger partial charge in [-0.1, -0.05) is 23.7 Å². The largest absolute Gasteiger partial charge is 0.467 e. The highest BCUT2D eigenvalue weighted by Gasteiger charge is 2.34. The van der Waals surface area contributed by atoms with E-state index >= 15 is 0 Å². The predicted molar refractivity (Wildman–Crippen MR) is 130 cm³/mol. The summed E-state index contributed by atoms with van der Waals surface area (Å²) >= 11 is 6.20. The van der Waals surface area contributed by atoms with E-state index in [1.807, 2.05) is 52.0 Å². The zero-order chi connectivity index (χ0) is 24.0. The van der Waals surface area contributed by atoms with Gasteiger partial charge in [-0.3, -0.25) is 0 Å². The molecule has 0 N–H and O–H groups in total. The van der Waals surface area contributed by atoms with Crippen molar-refractivity contribution in [1.29, 1.82) is 0 Å². The fourth-order valence-corrected chi connectivity index (χ4v) is 4.43. The normalized spacial score (nSPS) is 13.1. The standard InChI is InChI=1S/C26H33ClN2O3/c1-14(2)29-17(5)15(3)20-22(18-10-12-19(27)13-11-18)21(16(4)28-24(20)29)23(25(30)31-9)32-26(6,7)8/h10-14,23H,1-9H3. The summed E-state index contributed by atoms with van der Waals surface area (Å²) in [6.45, 7) is 16.2. The lowest BCUT2D eigenvalue weighted by Crippen LogP contribution is -2.29. The predicted octanol–water partition coefficient (Wildman–Crippen LogP) is 6.89. The van der Waals surface area contributed by atoms with Crippen molar-refractivity contribution < 1.29 is 14.3 Å². The Morgan fingerprint density at radius 1 is 1.09 bits per heavy atom. The van der Waals surface area contributed by atoms with Crippen LogP contribution in [0, 0.1) is 20.8 Å². The second-order valence-electron chi connectivity index (χ2n) is 9.50. The van der Waals surface area contributed by atoms with Crippen LogP contribution in [-0.2, 0) is 14.3 Å². The molecule has 172 valence electrons. The Bertz CT molecular complexity index is 1160. The first-order chi connectivity index (χ1) is 14.9. The van der Waals surface area contributed by atoms with E-state index in [4.69, 9.17) is 26.1 Å². The molecule has 2 heterocycles. The molecule has 2 aromatic heterocycles. The van der Waals surface area contributed by atoms with Crippen LogP contribution in [0.2, 0.25) is 5.02 Å². The van der Waals surface area contributed by atoms with Crippen LogP contribution >= 0.6 is 11.6 Å². The number of benzene rings is 1. The molecular weight excluding hydrogens is 424 g/mol. The molecule has 0 aliphatic heterocycles. The zero-order valence-electron chi connectivity index (χ0n) is 20.5. The minimum absolute atomic E-state index is 0.240. The zero-order valence-corrected chi connectivity index (χ0v) is 21.2. The lowest BCUT2D eigenvalue weighted by molar-refractivity contribution is -0.164. The van der Waals surface area contributed by atoms with E-state index < -0.39 is 17.7 Å². The van der Waals surface area contributed by atoms with Crippen LogP contribution in [0.4, 0.5) is 0 Å². The first kappa shape index (κ1) is 24.3. The first-order valence-electron chi connectivity index (χ1n) is 10.9. The molecule has 0 saturated heterocycles. The van der Waals surface area contributed by atoms with E-state index in [9.17, 15) is 4.79 Å². The van der Waals surface area contributed by atoms with Crippen molar-refractivity contribution >= 4 is 28.6 Å². The summed E-state index contributed by atoms with van der Waals surface area (Å²) in [7, 11) is 1.38. The van der Waals surface area contributed by atoms with Gasteiger partial charge in [0.2, 0.25) is 0 Å². The Morgan fingerprint density at radius 3 is 2.19 bits per heavy atom. The fraction of sp³-hybridized carbons (Fsp3) is 0.462. The molecular formula is C26H33ClN2O3. The third-order valence-electron chi connectivity index (χ3n) is 5.71. The highest BCUT2D eigenvalue weighted by atomic mass is 35.5. The molecule has 0 amide bonds. The van der Waals surface area contributed by atoms with Crippen molar-refractivity contribution in [2.24, 2.45) is 0 Å². The number of methoxy groups -OCH3 is 1. The lowest BCUT2D eigenvalue weighted by Gasteiger charge is -2.29. The minimum atomic E-state index is -0.912. The van der Waals surface area contributed by atoms with Gasteiger partial charge in [-0.25, -0.2) is 9.78 Å². The Morgan fingerprint density at radius 2 is 1.69 bits per heavy atom. The van der Waals surface area contributed by atoms with Crippen molar-refractivity contribution in [3.8, 4) is 11.1 Å². The summed E-state index contributed by atoms with van der Waals surface area (Å²) in [4.78, 5) is 18.0. The number of hydrogen-bond acceptors (Lipinski definition) is 4. The van der Waals surface area contributed by atoms with Gasteiger partial charge in [-0.2, -0.15) is 0 Å². The molecule has 1 atom stereocenters.